The molecule has 196 valence electrons. The number of amides is 3. The molecular weight excluding hydrogens is 496 g/mol. The van der Waals surface area contributed by atoms with Crippen LogP contribution in [-0.2, 0) is 0 Å². The summed E-state index contributed by atoms with van der Waals surface area (Å²) in [6.45, 7) is -0.666. The van der Waals surface area contributed by atoms with Crippen LogP contribution in [0.1, 0.15) is 17.3 Å². The van der Waals surface area contributed by atoms with Gasteiger partial charge in [0, 0.05) is 18.8 Å². The molecule has 1 unspecified atom stereocenters. The Morgan fingerprint density at radius 1 is 1.28 bits per heavy atom. The van der Waals surface area contributed by atoms with Crippen LogP contribution in [0.15, 0.2) is 18.3 Å². The van der Waals surface area contributed by atoms with Gasteiger partial charge in [0.1, 0.15) is 23.2 Å². The van der Waals surface area contributed by atoms with Gasteiger partial charge in [-0.25, -0.2) is 19.2 Å². The molecule has 3 amide bonds. The molecule has 1 saturated heterocycles. The number of carbonyl (C=O) groups excluding carboxylic acids is 2. The standard InChI is InChI=1S/C20H22F4N6O6/c1-4-29-13(8-31)28-30(19(29)33)15-11(21)7-10(17(27-15)36-9-20(22,23)24)16(32)26-14-12(34-2)5-6-25-18(14)35-3/h5-7,13,28,31H,4,8-9H2,1-3H3,(H,26,32). The maximum atomic E-state index is 15.1. The van der Waals surface area contributed by atoms with Crippen molar-refractivity contribution in [3.8, 4) is 17.5 Å². The lowest BCUT2D eigenvalue weighted by molar-refractivity contribution is -0.154. The Labute approximate surface area is 201 Å². The molecule has 3 rings (SSSR count). The summed E-state index contributed by atoms with van der Waals surface area (Å²) in [5.41, 5.74) is 1.70. The molecule has 0 spiro atoms. The first-order valence-electron chi connectivity index (χ1n) is 10.3. The van der Waals surface area contributed by atoms with Crippen molar-refractivity contribution in [1.29, 1.82) is 0 Å². The topological polar surface area (TPSA) is 138 Å². The van der Waals surface area contributed by atoms with E-state index in [9.17, 15) is 27.9 Å². The van der Waals surface area contributed by atoms with E-state index in [0.29, 0.717) is 11.1 Å². The highest BCUT2D eigenvalue weighted by Crippen LogP contribution is 2.34. The van der Waals surface area contributed by atoms with Crippen LogP contribution in [0.3, 0.4) is 0 Å². The van der Waals surface area contributed by atoms with Gasteiger partial charge in [-0.1, -0.05) is 0 Å². The number of hydrogen-bond donors (Lipinski definition) is 3. The number of aromatic nitrogens is 2. The number of pyridine rings is 2. The van der Waals surface area contributed by atoms with E-state index in [1.165, 1.54) is 26.5 Å². The third kappa shape index (κ3) is 5.49. The molecule has 2 aromatic rings. The SMILES string of the molecule is CCN1C(=O)N(c2nc(OCC(F)(F)F)c(C(=O)Nc3c(OC)ccnc3OC)cc2F)NC1CO. The predicted molar refractivity (Wildman–Crippen MR) is 115 cm³/mol. The number of methoxy groups -OCH3 is 2. The molecule has 36 heavy (non-hydrogen) atoms. The number of hydrogen-bond acceptors (Lipinski definition) is 9. The van der Waals surface area contributed by atoms with Gasteiger partial charge in [-0.15, -0.1) is 0 Å². The van der Waals surface area contributed by atoms with Gasteiger partial charge in [-0.05, 0) is 13.0 Å². The van der Waals surface area contributed by atoms with E-state index < -0.39 is 60.6 Å². The van der Waals surface area contributed by atoms with Crippen molar-refractivity contribution in [2.45, 2.75) is 19.3 Å². The molecule has 0 aromatic carbocycles. The minimum atomic E-state index is -4.82. The third-order valence-corrected chi connectivity index (χ3v) is 4.89. The number of halogens is 4. The zero-order chi connectivity index (χ0) is 26.6. The van der Waals surface area contributed by atoms with Crippen molar-refractivity contribution in [2.24, 2.45) is 0 Å². The van der Waals surface area contributed by atoms with Crippen molar-refractivity contribution >= 4 is 23.4 Å². The monoisotopic (exact) mass is 518 g/mol. The van der Waals surface area contributed by atoms with Gasteiger partial charge >= 0.3 is 12.2 Å². The molecule has 0 radical (unpaired) electrons. The highest BCUT2D eigenvalue weighted by molar-refractivity contribution is 6.07. The number of nitrogens with one attached hydrogen (secondary N) is 2. The molecule has 0 saturated carbocycles. The van der Waals surface area contributed by atoms with Crippen molar-refractivity contribution in [1.82, 2.24) is 20.3 Å². The molecule has 3 N–H and O–H groups in total. The summed E-state index contributed by atoms with van der Waals surface area (Å²) in [6.07, 6.45) is -4.43. The van der Waals surface area contributed by atoms with Crippen LogP contribution >= 0.6 is 0 Å². The zero-order valence-electron chi connectivity index (χ0n) is 19.2. The summed E-state index contributed by atoms with van der Waals surface area (Å²) < 4.78 is 68.6. The van der Waals surface area contributed by atoms with E-state index in [2.05, 4.69) is 20.7 Å². The molecule has 1 aliphatic heterocycles. The normalized spacial score (nSPS) is 15.8. The fourth-order valence-electron chi connectivity index (χ4n) is 3.27. The van der Waals surface area contributed by atoms with Crippen LogP contribution < -0.4 is 30.0 Å². The molecule has 3 heterocycles. The molecule has 1 aliphatic rings. The Kier molecular flexibility index (Phi) is 7.99. The maximum absolute atomic E-state index is 15.1. The molecule has 0 bridgehead atoms. The van der Waals surface area contributed by atoms with Gasteiger partial charge in [0.15, 0.2) is 18.2 Å². The summed E-state index contributed by atoms with van der Waals surface area (Å²) in [4.78, 5) is 34.3. The number of urea groups is 1. The van der Waals surface area contributed by atoms with Gasteiger partial charge in [0.25, 0.3) is 5.91 Å². The smallest absolute Gasteiger partial charge is 0.422 e. The summed E-state index contributed by atoms with van der Waals surface area (Å²) in [5, 5.41) is 12.4. The lowest BCUT2D eigenvalue weighted by Crippen LogP contribution is -2.41. The number of carbonyl (C=O) groups is 2. The highest BCUT2D eigenvalue weighted by atomic mass is 19.4. The van der Waals surface area contributed by atoms with Crippen molar-refractivity contribution in [3.05, 3.63) is 29.7 Å². The molecule has 0 aliphatic carbocycles. The summed E-state index contributed by atoms with van der Waals surface area (Å²) in [5.74, 6) is -4.03. The minimum absolute atomic E-state index is 0.0838. The largest absolute Gasteiger partial charge is 0.494 e. The Balaban J connectivity index is 2.04. The second-order valence-corrected chi connectivity index (χ2v) is 7.13. The van der Waals surface area contributed by atoms with Crippen LogP contribution in [0.4, 0.5) is 33.9 Å². The average molecular weight is 518 g/mol. The third-order valence-electron chi connectivity index (χ3n) is 4.89. The fourth-order valence-corrected chi connectivity index (χ4v) is 3.27. The summed E-state index contributed by atoms with van der Waals surface area (Å²) >= 11 is 0. The van der Waals surface area contributed by atoms with E-state index in [4.69, 9.17) is 14.2 Å². The van der Waals surface area contributed by atoms with E-state index in [1.807, 2.05) is 0 Å². The lowest BCUT2D eigenvalue weighted by Gasteiger charge is -2.19. The van der Waals surface area contributed by atoms with Crippen LogP contribution in [-0.4, -0.2) is 78.2 Å². The number of anilines is 2. The van der Waals surface area contributed by atoms with Crippen LogP contribution in [0.25, 0.3) is 0 Å². The number of aliphatic hydroxyl groups excluding tert-OH is 1. The molecule has 2 aromatic heterocycles. The van der Waals surface area contributed by atoms with Crippen LogP contribution in [0.5, 0.6) is 17.5 Å². The zero-order valence-corrected chi connectivity index (χ0v) is 19.2. The molecule has 16 heteroatoms. The van der Waals surface area contributed by atoms with E-state index >= 15 is 4.39 Å². The Bertz CT molecular complexity index is 1110. The summed E-state index contributed by atoms with van der Waals surface area (Å²) in [6, 6.07) is 1.12. The molecule has 1 fully saturated rings. The Morgan fingerprint density at radius 2 is 2.00 bits per heavy atom. The van der Waals surface area contributed by atoms with Crippen molar-refractivity contribution in [2.75, 3.05) is 44.3 Å². The Morgan fingerprint density at radius 3 is 2.56 bits per heavy atom. The fraction of sp³-hybridized carbons (Fsp3) is 0.400. The number of alkyl halides is 3. The number of hydrazine groups is 1. The van der Waals surface area contributed by atoms with Crippen LogP contribution in [0, 0.1) is 5.82 Å². The number of likely N-dealkylation sites (N-methyl/N-ethyl adjacent to an activating group) is 1. The van der Waals surface area contributed by atoms with E-state index in [1.54, 1.807) is 6.92 Å². The quantitative estimate of drug-likeness (QED) is 0.425. The van der Waals surface area contributed by atoms with Crippen LogP contribution in [0.2, 0.25) is 0 Å². The lowest BCUT2D eigenvalue weighted by atomic mass is 10.2. The van der Waals surface area contributed by atoms with E-state index in [0.717, 1.165) is 4.90 Å². The van der Waals surface area contributed by atoms with Crippen molar-refractivity contribution < 1.29 is 46.5 Å². The second kappa shape index (κ2) is 10.8. The number of ether oxygens (including phenoxy) is 3. The first-order chi connectivity index (χ1) is 17.0. The predicted octanol–water partition coefficient (Wildman–Crippen LogP) is 1.91. The molecule has 1 atom stereocenters. The number of aliphatic hydroxyl groups is 1. The van der Waals surface area contributed by atoms with Gasteiger partial charge in [0.05, 0.1) is 20.8 Å². The van der Waals surface area contributed by atoms with E-state index in [-0.39, 0.29) is 23.9 Å². The average Bonchev–Trinajstić information content (AvgIpc) is 3.17. The number of rotatable bonds is 9. The summed E-state index contributed by atoms with van der Waals surface area (Å²) in [7, 11) is 2.54. The molecular formula is C20H22F4N6O6. The number of nitrogens with zero attached hydrogens (tertiary/aromatic N) is 4. The first-order valence-corrected chi connectivity index (χ1v) is 10.3. The Hall–Kier alpha value is -3.92. The van der Waals surface area contributed by atoms with Gasteiger partial charge in [-0.2, -0.15) is 23.6 Å². The maximum Gasteiger partial charge on any atom is 0.422 e. The first kappa shape index (κ1) is 26.7. The second-order valence-electron chi connectivity index (χ2n) is 7.13. The van der Waals surface area contributed by atoms with Gasteiger partial charge in [0.2, 0.25) is 11.8 Å². The minimum Gasteiger partial charge on any atom is -0.494 e. The molecule has 12 nitrogen and oxygen atoms in total. The highest BCUT2D eigenvalue weighted by Gasteiger charge is 2.39. The van der Waals surface area contributed by atoms with Crippen molar-refractivity contribution in [3.63, 3.8) is 0 Å². The van der Waals surface area contributed by atoms with Gasteiger partial charge in [-0.3, -0.25) is 4.79 Å². The van der Waals surface area contributed by atoms with Gasteiger partial charge < -0.3 is 29.5 Å².